The minimum absolute atomic E-state index is 0.0595. The van der Waals surface area contributed by atoms with Gasteiger partial charge in [0.05, 0.1) is 12.1 Å². The van der Waals surface area contributed by atoms with Gasteiger partial charge >= 0.3 is 6.18 Å². The van der Waals surface area contributed by atoms with Crippen LogP contribution >= 0.6 is 11.3 Å². The van der Waals surface area contributed by atoms with E-state index in [1.54, 1.807) is 14.1 Å². The van der Waals surface area contributed by atoms with Gasteiger partial charge in [0.25, 0.3) is 0 Å². The van der Waals surface area contributed by atoms with Gasteiger partial charge in [-0.3, -0.25) is 0 Å². The van der Waals surface area contributed by atoms with E-state index in [0.717, 1.165) is 5.69 Å². The Hall–Kier alpha value is -0.820. The smallest absolute Gasteiger partial charge is 0.351 e. The van der Waals surface area contributed by atoms with Crippen LogP contribution in [0, 0.1) is 0 Å². The Morgan fingerprint density at radius 2 is 2.19 bits per heavy atom. The zero-order valence-corrected chi connectivity index (χ0v) is 9.95. The number of nitrogens with one attached hydrogen (secondary N) is 1. The number of thiazole rings is 1. The van der Waals surface area contributed by atoms with Crippen LogP contribution in [-0.2, 0) is 6.54 Å². The summed E-state index contributed by atoms with van der Waals surface area (Å²) in [6.07, 6.45) is -4.93. The van der Waals surface area contributed by atoms with Crippen LogP contribution in [0.25, 0.3) is 0 Å². The minimum atomic E-state index is -4.11. The third kappa shape index (κ3) is 4.36. The summed E-state index contributed by atoms with van der Waals surface area (Å²) in [5.74, 6) is 0. The molecule has 0 amide bonds. The summed E-state index contributed by atoms with van der Waals surface area (Å²) in [7, 11) is 3.42. The molecule has 0 saturated carbocycles. The Balaban J connectivity index is 2.49. The van der Waals surface area contributed by atoms with Crippen molar-refractivity contribution in [2.45, 2.75) is 19.1 Å². The average Bonchev–Trinajstić information content (AvgIpc) is 2.62. The third-order valence-electron chi connectivity index (χ3n) is 1.95. The fourth-order valence-corrected chi connectivity index (χ4v) is 1.94. The number of hydrogen-bond acceptors (Lipinski definition) is 4. The molecule has 1 rings (SSSR count). The molecule has 0 radical (unpaired) electrons. The first-order valence-corrected chi connectivity index (χ1v) is 5.67. The second-order valence-corrected chi connectivity index (χ2v) is 4.28. The highest BCUT2D eigenvalue weighted by molar-refractivity contribution is 7.13. The largest absolute Gasteiger partial charge is 0.390 e. The molecule has 0 bridgehead atoms. The number of nitrogens with zero attached hydrogens (tertiary/aromatic N) is 2. The molecular formula is C9H14F3N3S. The van der Waals surface area contributed by atoms with Crippen LogP contribution < -0.4 is 10.2 Å². The highest BCUT2D eigenvalue weighted by Crippen LogP contribution is 2.23. The fraction of sp³-hybridized carbons (Fsp3) is 0.667. The van der Waals surface area contributed by atoms with E-state index >= 15 is 0 Å². The maximum atomic E-state index is 12.0. The van der Waals surface area contributed by atoms with Gasteiger partial charge in [-0.2, -0.15) is 13.2 Å². The van der Waals surface area contributed by atoms with E-state index < -0.39 is 12.6 Å². The lowest BCUT2D eigenvalue weighted by molar-refractivity contribution is -0.132. The fourth-order valence-electron chi connectivity index (χ4n) is 1.12. The van der Waals surface area contributed by atoms with Crippen molar-refractivity contribution in [2.24, 2.45) is 0 Å². The van der Waals surface area contributed by atoms with Gasteiger partial charge < -0.3 is 10.2 Å². The van der Waals surface area contributed by atoms with Crippen LogP contribution in [-0.4, -0.2) is 31.8 Å². The molecule has 0 aliphatic carbocycles. The van der Waals surface area contributed by atoms with Crippen molar-refractivity contribution in [1.82, 2.24) is 10.3 Å². The summed E-state index contributed by atoms with van der Waals surface area (Å²) in [5.41, 5.74) is 0.848. The van der Waals surface area contributed by atoms with Gasteiger partial charge in [-0.25, -0.2) is 4.98 Å². The molecular weight excluding hydrogens is 239 g/mol. The molecule has 0 spiro atoms. The lowest BCUT2D eigenvalue weighted by Gasteiger charge is -2.16. The number of aromatic nitrogens is 1. The van der Waals surface area contributed by atoms with Crippen molar-refractivity contribution in [3.8, 4) is 0 Å². The van der Waals surface area contributed by atoms with Crippen molar-refractivity contribution < 1.29 is 13.2 Å². The molecule has 3 nitrogen and oxygen atoms in total. The van der Waals surface area contributed by atoms with Crippen LogP contribution in [0.15, 0.2) is 5.38 Å². The summed E-state index contributed by atoms with van der Waals surface area (Å²) in [6.45, 7) is 0.569. The Kier molecular flexibility index (Phi) is 4.55. The van der Waals surface area contributed by atoms with Gasteiger partial charge in [-0.15, -0.1) is 11.3 Å². The van der Waals surface area contributed by atoms with E-state index in [2.05, 4.69) is 10.3 Å². The quantitative estimate of drug-likeness (QED) is 0.872. The van der Waals surface area contributed by atoms with Gasteiger partial charge in [0.2, 0.25) is 0 Å². The molecule has 0 aromatic carbocycles. The average molecular weight is 253 g/mol. The van der Waals surface area contributed by atoms with E-state index in [1.807, 2.05) is 5.38 Å². The van der Waals surface area contributed by atoms with Crippen LogP contribution in [0.2, 0.25) is 0 Å². The van der Waals surface area contributed by atoms with E-state index in [9.17, 15) is 13.2 Å². The van der Waals surface area contributed by atoms with Gasteiger partial charge in [0.1, 0.15) is 0 Å². The number of hydrogen-bond donors (Lipinski definition) is 1. The van der Waals surface area contributed by atoms with Crippen LogP contribution in [0.4, 0.5) is 18.3 Å². The molecule has 0 fully saturated rings. The number of rotatable bonds is 5. The van der Waals surface area contributed by atoms with E-state index in [1.165, 1.54) is 16.2 Å². The predicted octanol–water partition coefficient (Wildman–Crippen LogP) is 2.25. The second-order valence-electron chi connectivity index (χ2n) is 3.44. The molecule has 0 aliphatic heterocycles. The lowest BCUT2D eigenvalue weighted by Crippen LogP contribution is -2.24. The topological polar surface area (TPSA) is 28.2 Å². The van der Waals surface area contributed by atoms with E-state index in [4.69, 9.17) is 0 Å². The number of halogens is 3. The van der Waals surface area contributed by atoms with Crippen molar-refractivity contribution in [3.63, 3.8) is 0 Å². The molecule has 1 aromatic heterocycles. The zero-order chi connectivity index (χ0) is 12.2. The lowest BCUT2D eigenvalue weighted by atomic mass is 10.4. The highest BCUT2D eigenvalue weighted by atomic mass is 32.1. The second kappa shape index (κ2) is 5.49. The first-order chi connectivity index (χ1) is 7.42. The molecule has 92 valence electrons. The standard InChI is InChI=1S/C9H14F3N3S/c1-13-5-7-6-16-8(14-7)15(2)4-3-9(10,11)12/h6,13H,3-5H2,1-2H3. The number of anilines is 1. The van der Waals surface area contributed by atoms with Crippen LogP contribution in [0.5, 0.6) is 0 Å². The van der Waals surface area contributed by atoms with Crippen molar-refractivity contribution in [2.75, 3.05) is 25.5 Å². The molecule has 1 heterocycles. The Bertz CT molecular complexity index is 324. The normalized spacial score (nSPS) is 11.8. The zero-order valence-electron chi connectivity index (χ0n) is 9.14. The minimum Gasteiger partial charge on any atom is -0.351 e. The summed E-state index contributed by atoms with van der Waals surface area (Å²) in [6, 6.07) is 0. The Labute approximate surface area is 96.3 Å². The third-order valence-corrected chi connectivity index (χ3v) is 2.96. The van der Waals surface area contributed by atoms with E-state index in [0.29, 0.717) is 11.7 Å². The first-order valence-electron chi connectivity index (χ1n) is 4.79. The SMILES string of the molecule is CNCc1csc(N(C)CCC(F)(F)F)n1. The molecule has 0 saturated heterocycles. The molecule has 0 unspecified atom stereocenters. The molecule has 1 N–H and O–H groups in total. The summed E-state index contributed by atoms with van der Waals surface area (Å²) < 4.78 is 36.0. The molecule has 16 heavy (non-hydrogen) atoms. The molecule has 0 atom stereocenters. The van der Waals surface area contributed by atoms with Crippen molar-refractivity contribution >= 4 is 16.5 Å². The van der Waals surface area contributed by atoms with Gasteiger partial charge in [-0.05, 0) is 7.05 Å². The maximum Gasteiger partial charge on any atom is 0.390 e. The highest BCUT2D eigenvalue weighted by Gasteiger charge is 2.27. The van der Waals surface area contributed by atoms with E-state index in [-0.39, 0.29) is 6.54 Å². The maximum absolute atomic E-state index is 12.0. The summed E-state index contributed by atoms with van der Waals surface area (Å²) >= 11 is 1.36. The predicted molar refractivity (Wildman–Crippen MR) is 58.8 cm³/mol. The first kappa shape index (κ1) is 13.2. The van der Waals surface area contributed by atoms with Gasteiger partial charge in [0, 0.05) is 25.5 Å². The van der Waals surface area contributed by atoms with Crippen molar-refractivity contribution in [3.05, 3.63) is 11.1 Å². The summed E-state index contributed by atoms with van der Waals surface area (Å²) in [4.78, 5) is 5.74. The molecule has 7 heteroatoms. The summed E-state index contributed by atoms with van der Waals surface area (Å²) in [5, 5.41) is 5.40. The molecule has 0 aliphatic rings. The van der Waals surface area contributed by atoms with Gasteiger partial charge in [0.15, 0.2) is 5.13 Å². The van der Waals surface area contributed by atoms with Crippen molar-refractivity contribution in [1.29, 1.82) is 0 Å². The Morgan fingerprint density at radius 3 is 2.75 bits per heavy atom. The van der Waals surface area contributed by atoms with Crippen LogP contribution in [0.3, 0.4) is 0 Å². The molecule has 1 aromatic rings. The number of alkyl halides is 3. The van der Waals surface area contributed by atoms with Crippen LogP contribution in [0.1, 0.15) is 12.1 Å². The van der Waals surface area contributed by atoms with Gasteiger partial charge in [-0.1, -0.05) is 0 Å². The monoisotopic (exact) mass is 253 g/mol. The Morgan fingerprint density at radius 1 is 1.50 bits per heavy atom.